The number of hydrogen-bond donors (Lipinski definition) is 1. The van der Waals surface area contributed by atoms with Crippen molar-refractivity contribution in [1.82, 2.24) is 3.93 Å². The molecule has 1 N–H and O–H groups in total. The zero-order valence-corrected chi connectivity index (χ0v) is 11.5. The Morgan fingerprint density at radius 2 is 1.88 bits per heavy atom. The zero-order valence-electron chi connectivity index (χ0n) is 9.90. The van der Waals surface area contributed by atoms with Gasteiger partial charge in [-0.15, -0.1) is 0 Å². The summed E-state index contributed by atoms with van der Waals surface area (Å²) in [6, 6.07) is 6.78. The van der Waals surface area contributed by atoms with Crippen LogP contribution in [0.15, 0.2) is 24.3 Å². The fourth-order valence-electron chi connectivity index (χ4n) is 1.46. The van der Waals surface area contributed by atoms with Crippen LogP contribution in [0.4, 0.5) is 0 Å². The molecule has 0 atom stereocenters. The maximum atomic E-state index is 9.14. The van der Waals surface area contributed by atoms with E-state index in [0.717, 1.165) is 12.3 Å². The van der Waals surface area contributed by atoms with Gasteiger partial charge in [-0.05, 0) is 31.3 Å². The number of rotatable bonds is 5. The van der Waals surface area contributed by atoms with Crippen LogP contribution in [0, 0.1) is 5.41 Å². The number of hydrogen-bond acceptors (Lipinski definition) is 3. The molecular formula is C12H18BrNO2. The predicted octanol–water partition coefficient (Wildman–Crippen LogP) is 3.04. The van der Waals surface area contributed by atoms with Gasteiger partial charge in [0.2, 0.25) is 0 Å². The van der Waals surface area contributed by atoms with E-state index in [-0.39, 0.29) is 11.2 Å². The van der Waals surface area contributed by atoms with Crippen LogP contribution in [0.3, 0.4) is 0 Å². The third-order valence-electron chi connectivity index (χ3n) is 2.11. The first kappa shape index (κ1) is 13.3. The fraction of sp³-hybridized carbons (Fsp3) is 0.500. The molecule has 0 unspecified atom stereocenters. The summed E-state index contributed by atoms with van der Waals surface area (Å²) in [5.41, 5.74) is 0.0656. The minimum absolute atomic E-state index is 0.0656. The number of benzene rings is 1. The highest BCUT2D eigenvalue weighted by atomic mass is 79.9. The Labute approximate surface area is 105 Å². The van der Waals surface area contributed by atoms with Crippen LogP contribution in [0.5, 0.6) is 11.5 Å². The average Bonchev–Trinajstić information content (AvgIpc) is 2.15. The first-order valence-corrected chi connectivity index (χ1v) is 5.89. The first-order valence-electron chi connectivity index (χ1n) is 5.18. The molecule has 0 aliphatic heterocycles. The van der Waals surface area contributed by atoms with Crippen molar-refractivity contribution in [2.24, 2.45) is 5.41 Å². The van der Waals surface area contributed by atoms with Crippen LogP contribution >= 0.6 is 16.1 Å². The number of ether oxygens (including phenoxy) is 1. The highest BCUT2D eigenvalue weighted by molar-refractivity contribution is 9.07. The summed E-state index contributed by atoms with van der Waals surface area (Å²) in [5, 5.41) is 9.14. The number of nitrogens with zero attached hydrogens (tertiary/aromatic N) is 1. The summed E-state index contributed by atoms with van der Waals surface area (Å²) in [4.78, 5) is 0. The first-order chi connectivity index (χ1) is 7.39. The van der Waals surface area contributed by atoms with Gasteiger partial charge in [0.1, 0.15) is 11.5 Å². The molecule has 0 amide bonds. The largest absolute Gasteiger partial charge is 0.508 e. The van der Waals surface area contributed by atoms with Crippen molar-refractivity contribution in [1.29, 1.82) is 0 Å². The molecule has 1 aromatic rings. The monoisotopic (exact) mass is 287 g/mol. The summed E-state index contributed by atoms with van der Waals surface area (Å²) >= 11 is 3.39. The quantitative estimate of drug-likeness (QED) is 0.845. The minimum Gasteiger partial charge on any atom is -0.508 e. The molecule has 0 aliphatic rings. The molecule has 4 heteroatoms. The highest BCUT2D eigenvalue weighted by Crippen LogP contribution is 2.22. The molecule has 0 aliphatic carbocycles. The third kappa shape index (κ3) is 4.86. The zero-order chi connectivity index (χ0) is 12.2. The molecule has 90 valence electrons. The average molecular weight is 288 g/mol. The Balaban J connectivity index is 2.47. The Morgan fingerprint density at radius 3 is 2.38 bits per heavy atom. The van der Waals surface area contributed by atoms with Crippen molar-refractivity contribution >= 4 is 16.1 Å². The van der Waals surface area contributed by atoms with Gasteiger partial charge in [0.05, 0.1) is 6.61 Å². The number of halogens is 1. The Hall–Kier alpha value is -0.740. The number of phenolic OH excluding ortho intramolecular Hbond substituents is 1. The number of phenols is 1. The van der Waals surface area contributed by atoms with Crippen molar-refractivity contribution in [2.75, 3.05) is 20.2 Å². The van der Waals surface area contributed by atoms with Gasteiger partial charge < -0.3 is 9.84 Å². The SMILES string of the molecule is CN(Br)CC(C)(C)COc1ccc(O)cc1. The van der Waals surface area contributed by atoms with Crippen molar-refractivity contribution in [3.05, 3.63) is 24.3 Å². The highest BCUT2D eigenvalue weighted by Gasteiger charge is 2.20. The van der Waals surface area contributed by atoms with Gasteiger partial charge in [0.25, 0.3) is 0 Å². The molecule has 0 bridgehead atoms. The molecule has 0 spiro atoms. The lowest BCUT2D eigenvalue weighted by molar-refractivity contribution is 0.163. The Morgan fingerprint density at radius 1 is 1.31 bits per heavy atom. The maximum absolute atomic E-state index is 9.14. The molecule has 0 fully saturated rings. The summed E-state index contributed by atoms with van der Waals surface area (Å²) < 4.78 is 7.63. The molecule has 0 radical (unpaired) electrons. The van der Waals surface area contributed by atoms with Gasteiger partial charge in [-0.1, -0.05) is 13.8 Å². The lowest BCUT2D eigenvalue weighted by Crippen LogP contribution is -2.31. The third-order valence-corrected chi connectivity index (χ3v) is 2.36. The van der Waals surface area contributed by atoms with Crippen molar-refractivity contribution < 1.29 is 9.84 Å². The van der Waals surface area contributed by atoms with Crippen LogP contribution in [0.25, 0.3) is 0 Å². The van der Waals surface area contributed by atoms with E-state index in [9.17, 15) is 0 Å². The smallest absolute Gasteiger partial charge is 0.119 e. The van der Waals surface area contributed by atoms with Gasteiger partial charge in [0.15, 0.2) is 0 Å². The normalized spacial score (nSPS) is 11.8. The summed E-state index contributed by atoms with van der Waals surface area (Å²) in [6.07, 6.45) is 0. The molecular weight excluding hydrogens is 270 g/mol. The van der Waals surface area contributed by atoms with Crippen LogP contribution in [-0.4, -0.2) is 29.2 Å². The Kier molecular flexibility index (Phi) is 4.62. The molecule has 1 aromatic carbocycles. The van der Waals surface area contributed by atoms with Gasteiger partial charge in [-0.2, -0.15) is 0 Å². The maximum Gasteiger partial charge on any atom is 0.119 e. The molecule has 0 heterocycles. The van der Waals surface area contributed by atoms with Crippen LogP contribution in [0.2, 0.25) is 0 Å². The summed E-state index contributed by atoms with van der Waals surface area (Å²) in [5.74, 6) is 1.04. The summed E-state index contributed by atoms with van der Waals surface area (Å²) in [6.45, 7) is 5.81. The van der Waals surface area contributed by atoms with Gasteiger partial charge in [-0.25, -0.2) is 3.93 Å². The van der Waals surface area contributed by atoms with E-state index in [1.54, 1.807) is 24.3 Å². The second-order valence-electron chi connectivity index (χ2n) is 4.71. The lowest BCUT2D eigenvalue weighted by atomic mass is 9.95. The van der Waals surface area contributed by atoms with E-state index in [0.29, 0.717) is 6.61 Å². The molecule has 0 saturated carbocycles. The van der Waals surface area contributed by atoms with Gasteiger partial charge >= 0.3 is 0 Å². The molecule has 0 saturated heterocycles. The molecule has 0 aromatic heterocycles. The predicted molar refractivity (Wildman–Crippen MR) is 68.9 cm³/mol. The Bertz CT molecular complexity index is 322. The van der Waals surface area contributed by atoms with E-state index in [1.807, 2.05) is 11.0 Å². The minimum atomic E-state index is 0.0656. The van der Waals surface area contributed by atoms with Crippen LogP contribution < -0.4 is 4.74 Å². The number of aromatic hydroxyl groups is 1. The van der Waals surface area contributed by atoms with Crippen LogP contribution in [-0.2, 0) is 0 Å². The summed E-state index contributed by atoms with van der Waals surface area (Å²) in [7, 11) is 1.97. The van der Waals surface area contributed by atoms with E-state index in [1.165, 1.54) is 0 Å². The standard InChI is InChI=1S/C12H18BrNO2/c1-12(2,8-14(3)13)9-16-11-6-4-10(15)5-7-11/h4-7,15H,8-9H2,1-3H3. The van der Waals surface area contributed by atoms with E-state index in [2.05, 4.69) is 30.0 Å². The second kappa shape index (κ2) is 5.55. The van der Waals surface area contributed by atoms with Crippen LogP contribution in [0.1, 0.15) is 13.8 Å². The van der Waals surface area contributed by atoms with Crippen molar-refractivity contribution in [3.63, 3.8) is 0 Å². The topological polar surface area (TPSA) is 32.7 Å². The van der Waals surface area contributed by atoms with E-state index >= 15 is 0 Å². The molecule has 16 heavy (non-hydrogen) atoms. The fourth-order valence-corrected chi connectivity index (χ4v) is 2.14. The lowest BCUT2D eigenvalue weighted by Gasteiger charge is -2.27. The van der Waals surface area contributed by atoms with E-state index in [4.69, 9.17) is 9.84 Å². The van der Waals surface area contributed by atoms with Gasteiger partial charge in [-0.3, -0.25) is 0 Å². The van der Waals surface area contributed by atoms with Gasteiger partial charge in [0, 0.05) is 28.1 Å². The molecule has 3 nitrogen and oxygen atoms in total. The molecule has 1 rings (SSSR count). The van der Waals surface area contributed by atoms with Crippen molar-refractivity contribution in [2.45, 2.75) is 13.8 Å². The van der Waals surface area contributed by atoms with Crippen molar-refractivity contribution in [3.8, 4) is 11.5 Å². The van der Waals surface area contributed by atoms with E-state index < -0.39 is 0 Å². The second-order valence-corrected chi connectivity index (χ2v) is 5.92.